The van der Waals surface area contributed by atoms with Crippen LogP contribution in [0.1, 0.15) is 64.7 Å². The van der Waals surface area contributed by atoms with Crippen LogP contribution in [0.25, 0.3) is 11.0 Å². The van der Waals surface area contributed by atoms with E-state index in [1.165, 1.54) is 32.1 Å². The van der Waals surface area contributed by atoms with Gasteiger partial charge in [-0.25, -0.2) is 4.68 Å². The van der Waals surface area contributed by atoms with Crippen molar-refractivity contribution in [3.05, 3.63) is 24.3 Å². The zero-order valence-corrected chi connectivity index (χ0v) is 20.7. The maximum Gasteiger partial charge on any atom is 0.157 e. The van der Waals surface area contributed by atoms with E-state index in [-0.39, 0.29) is 11.3 Å². The van der Waals surface area contributed by atoms with Gasteiger partial charge in [-0.3, -0.25) is 4.79 Å². The van der Waals surface area contributed by atoms with Gasteiger partial charge in [-0.15, -0.1) is 5.10 Å². The Kier molecular flexibility index (Phi) is 5.60. The number of nitrogens with zero attached hydrogens (tertiary/aromatic N) is 3. The quantitative estimate of drug-likeness (QED) is 0.696. The van der Waals surface area contributed by atoms with E-state index in [4.69, 9.17) is 4.74 Å². The number of carbonyl (C=O) groups is 1. The lowest BCUT2D eigenvalue weighted by atomic mass is 9.49. The van der Waals surface area contributed by atoms with Crippen LogP contribution in [0, 0.1) is 40.9 Å². The van der Waals surface area contributed by atoms with Crippen LogP contribution in [-0.4, -0.2) is 45.2 Å². The lowest BCUT2D eigenvalue weighted by Crippen LogP contribution is -2.52. The second kappa shape index (κ2) is 8.41. The second-order valence-electron chi connectivity index (χ2n) is 12.2. The molecule has 8 atom stereocenters. The molecule has 1 aromatic heterocycles. The Bertz CT molecular complexity index is 1070. The summed E-state index contributed by atoms with van der Waals surface area (Å²) >= 11 is 0. The standard InChI is InChI=1S/C28H39N3O3/c1-27-13-11-20-19-12-14-28(33,17-34-2)15-18(19)7-8-21(20)22(27)9-10-23(27)26(32)16-31-25-6-4-3-5-24(25)29-30-31/h3-6,18-23,33H,7-17H2,1-2H3/t18-,19-,20+,21+,22-,23+,27-,28+/m0/s1. The first-order valence-corrected chi connectivity index (χ1v) is 13.4. The second-order valence-corrected chi connectivity index (χ2v) is 12.2. The molecule has 4 fully saturated rings. The molecule has 0 bridgehead atoms. The average Bonchev–Trinajstić information content (AvgIpc) is 3.39. The zero-order chi connectivity index (χ0) is 23.5. The number of hydrogen-bond donors (Lipinski definition) is 1. The van der Waals surface area contributed by atoms with Gasteiger partial charge >= 0.3 is 0 Å². The van der Waals surface area contributed by atoms with Crippen LogP contribution in [-0.2, 0) is 16.1 Å². The number of ketones is 1. The van der Waals surface area contributed by atoms with Crippen LogP contribution in [0.5, 0.6) is 0 Å². The number of carbonyl (C=O) groups excluding carboxylic acids is 1. The van der Waals surface area contributed by atoms with E-state index in [0.717, 1.165) is 54.5 Å². The largest absolute Gasteiger partial charge is 0.387 e. The van der Waals surface area contributed by atoms with E-state index >= 15 is 0 Å². The first-order chi connectivity index (χ1) is 16.4. The number of aliphatic hydroxyl groups is 1. The molecule has 0 saturated heterocycles. The summed E-state index contributed by atoms with van der Waals surface area (Å²) < 4.78 is 7.14. The molecule has 34 heavy (non-hydrogen) atoms. The van der Waals surface area contributed by atoms with Crippen molar-refractivity contribution in [2.24, 2.45) is 40.9 Å². The molecule has 184 valence electrons. The van der Waals surface area contributed by atoms with E-state index < -0.39 is 5.60 Å². The van der Waals surface area contributed by atoms with Crippen LogP contribution in [0.4, 0.5) is 0 Å². The number of methoxy groups -OCH3 is 1. The van der Waals surface area contributed by atoms with Crippen molar-refractivity contribution < 1.29 is 14.6 Å². The van der Waals surface area contributed by atoms with Crippen molar-refractivity contribution in [2.45, 2.75) is 76.9 Å². The highest BCUT2D eigenvalue weighted by Crippen LogP contribution is 2.64. The van der Waals surface area contributed by atoms with Crippen LogP contribution in [0.3, 0.4) is 0 Å². The van der Waals surface area contributed by atoms with Crippen molar-refractivity contribution in [1.82, 2.24) is 15.0 Å². The number of fused-ring (bicyclic) bond motifs is 6. The third-order valence-electron chi connectivity index (χ3n) is 10.6. The highest BCUT2D eigenvalue weighted by Gasteiger charge is 2.59. The van der Waals surface area contributed by atoms with Crippen LogP contribution in [0.15, 0.2) is 24.3 Å². The van der Waals surface area contributed by atoms with Crippen molar-refractivity contribution in [2.75, 3.05) is 13.7 Å². The molecule has 4 aliphatic rings. The summed E-state index contributed by atoms with van der Waals surface area (Å²) in [4.78, 5) is 13.6. The minimum Gasteiger partial charge on any atom is -0.387 e. The predicted octanol–water partition coefficient (Wildman–Crippen LogP) is 4.65. The molecule has 6 nitrogen and oxygen atoms in total. The van der Waals surface area contributed by atoms with Crippen LogP contribution >= 0.6 is 0 Å². The Balaban J connectivity index is 1.17. The van der Waals surface area contributed by atoms with E-state index in [0.29, 0.717) is 30.8 Å². The van der Waals surface area contributed by atoms with Gasteiger partial charge in [-0.05, 0) is 105 Å². The van der Waals surface area contributed by atoms with E-state index in [9.17, 15) is 9.90 Å². The summed E-state index contributed by atoms with van der Waals surface area (Å²) in [5.74, 6) is 4.05. The topological polar surface area (TPSA) is 77.2 Å². The Morgan fingerprint density at radius 3 is 2.76 bits per heavy atom. The van der Waals surface area contributed by atoms with Crippen molar-refractivity contribution in [1.29, 1.82) is 0 Å². The molecule has 0 unspecified atom stereocenters. The molecule has 0 radical (unpaired) electrons. The Labute approximate surface area is 202 Å². The van der Waals surface area contributed by atoms with E-state index in [1.807, 2.05) is 24.3 Å². The van der Waals surface area contributed by atoms with Gasteiger partial charge in [-0.1, -0.05) is 24.3 Å². The molecule has 4 aliphatic carbocycles. The van der Waals surface area contributed by atoms with Gasteiger partial charge in [0.05, 0.1) is 17.7 Å². The molecule has 1 N–H and O–H groups in total. The summed E-state index contributed by atoms with van der Waals surface area (Å²) in [6, 6.07) is 7.90. The molecule has 1 aromatic carbocycles. The van der Waals surface area contributed by atoms with Crippen LogP contribution in [0.2, 0.25) is 0 Å². The number of hydrogen-bond acceptors (Lipinski definition) is 5. The minimum absolute atomic E-state index is 0.118. The zero-order valence-electron chi connectivity index (χ0n) is 20.7. The molecular weight excluding hydrogens is 426 g/mol. The molecule has 0 aliphatic heterocycles. The normalized spacial score (nSPS) is 41.6. The Morgan fingerprint density at radius 1 is 1.09 bits per heavy atom. The molecule has 0 spiro atoms. The molecule has 0 amide bonds. The third-order valence-corrected chi connectivity index (χ3v) is 10.6. The molecule has 6 heteroatoms. The number of Topliss-reactive ketones (excluding diaryl/α,β-unsaturated/α-hetero) is 1. The summed E-state index contributed by atoms with van der Waals surface area (Å²) in [7, 11) is 1.70. The summed E-state index contributed by atoms with van der Waals surface area (Å²) in [6.07, 6.45) is 10.0. The fourth-order valence-corrected chi connectivity index (χ4v) is 9.18. The lowest BCUT2D eigenvalue weighted by molar-refractivity contribution is -0.136. The van der Waals surface area contributed by atoms with Crippen molar-refractivity contribution in [3.8, 4) is 0 Å². The first kappa shape index (κ1) is 22.7. The number of benzene rings is 1. The molecular formula is C28H39N3O3. The van der Waals surface area contributed by atoms with E-state index in [1.54, 1.807) is 11.8 Å². The highest BCUT2D eigenvalue weighted by molar-refractivity contribution is 5.84. The highest BCUT2D eigenvalue weighted by atomic mass is 16.5. The lowest BCUT2D eigenvalue weighted by Gasteiger charge is -2.57. The number of para-hydroxylation sites is 1. The Hall–Kier alpha value is -1.79. The van der Waals surface area contributed by atoms with Gasteiger partial charge in [-0.2, -0.15) is 0 Å². The van der Waals surface area contributed by atoms with Gasteiger partial charge < -0.3 is 9.84 Å². The molecule has 6 rings (SSSR count). The van der Waals surface area contributed by atoms with Gasteiger partial charge in [0.15, 0.2) is 5.78 Å². The smallest absolute Gasteiger partial charge is 0.157 e. The fraction of sp³-hybridized carbons (Fsp3) is 0.750. The van der Waals surface area contributed by atoms with Gasteiger partial charge in [0.25, 0.3) is 0 Å². The monoisotopic (exact) mass is 465 g/mol. The average molecular weight is 466 g/mol. The van der Waals surface area contributed by atoms with Gasteiger partial charge in [0.2, 0.25) is 0 Å². The first-order valence-electron chi connectivity index (χ1n) is 13.4. The molecule has 2 aromatic rings. The van der Waals surface area contributed by atoms with Crippen molar-refractivity contribution in [3.63, 3.8) is 0 Å². The van der Waals surface area contributed by atoms with E-state index in [2.05, 4.69) is 17.2 Å². The SMILES string of the molecule is COC[C@@]1(O)CC[C@H]2[C@@H](CC[C@@H]3[C@@H]2CC[C@]2(C)[C@@H](C(=O)Cn4nnc5ccccc54)CC[C@@H]32)C1. The predicted molar refractivity (Wildman–Crippen MR) is 130 cm³/mol. The number of aromatic nitrogens is 3. The maximum absolute atomic E-state index is 13.6. The summed E-state index contributed by atoms with van der Waals surface area (Å²) in [5, 5.41) is 19.5. The van der Waals surface area contributed by atoms with Crippen LogP contribution < -0.4 is 0 Å². The van der Waals surface area contributed by atoms with Gasteiger partial charge in [0.1, 0.15) is 12.1 Å². The molecule has 4 saturated carbocycles. The third kappa shape index (κ3) is 3.55. The minimum atomic E-state index is -0.623. The summed E-state index contributed by atoms with van der Waals surface area (Å²) in [5.41, 5.74) is 1.30. The van der Waals surface area contributed by atoms with Crippen molar-refractivity contribution >= 4 is 16.8 Å². The Morgan fingerprint density at radius 2 is 1.91 bits per heavy atom. The summed E-state index contributed by atoms with van der Waals surface area (Å²) in [6.45, 7) is 3.23. The fourth-order valence-electron chi connectivity index (χ4n) is 9.18. The number of ether oxygens (including phenoxy) is 1. The maximum atomic E-state index is 13.6. The molecule has 1 heterocycles. The van der Waals surface area contributed by atoms with Gasteiger partial charge in [0, 0.05) is 13.0 Å². The number of rotatable bonds is 5.